The Balaban J connectivity index is 1.31. The normalized spacial score (nSPS) is 10.9. The largest absolute Gasteiger partial charge is 0.356 e. The van der Waals surface area contributed by atoms with E-state index in [1.54, 1.807) is 17.5 Å². The predicted molar refractivity (Wildman–Crippen MR) is 125 cm³/mol. The molecule has 0 saturated carbocycles. The molecular weight excluding hydrogens is 402 g/mol. The van der Waals surface area contributed by atoms with Crippen molar-refractivity contribution in [2.45, 2.75) is 25.2 Å². The van der Waals surface area contributed by atoms with Gasteiger partial charge < -0.3 is 5.32 Å². The van der Waals surface area contributed by atoms with Crippen molar-refractivity contribution in [3.63, 3.8) is 0 Å². The van der Waals surface area contributed by atoms with Gasteiger partial charge in [-0.2, -0.15) is 0 Å². The first-order valence-corrected chi connectivity index (χ1v) is 11.4. The van der Waals surface area contributed by atoms with Crippen LogP contribution in [0.3, 0.4) is 0 Å². The van der Waals surface area contributed by atoms with Gasteiger partial charge in [-0.3, -0.25) is 9.78 Å². The van der Waals surface area contributed by atoms with Crippen LogP contribution in [0.15, 0.2) is 90.4 Å². The van der Waals surface area contributed by atoms with Gasteiger partial charge in [0.2, 0.25) is 5.91 Å². The van der Waals surface area contributed by atoms with E-state index in [1.807, 2.05) is 35.7 Å². The van der Waals surface area contributed by atoms with Gasteiger partial charge in [0, 0.05) is 36.2 Å². The molecule has 0 unspecified atom stereocenters. The fourth-order valence-corrected chi connectivity index (χ4v) is 4.46. The third-order valence-electron chi connectivity index (χ3n) is 5.16. The molecule has 2 heterocycles. The molecule has 2 aromatic heterocycles. The lowest BCUT2D eigenvalue weighted by Gasteiger charge is -2.18. The lowest BCUT2D eigenvalue weighted by molar-refractivity contribution is -0.120. The molecule has 0 aliphatic heterocycles. The highest BCUT2D eigenvalue weighted by molar-refractivity contribution is 7.09. The Morgan fingerprint density at radius 1 is 0.871 bits per heavy atom. The summed E-state index contributed by atoms with van der Waals surface area (Å²) in [4.78, 5) is 21.4. The average Bonchev–Trinajstić information content (AvgIpc) is 3.25. The number of nitrogens with zero attached hydrogens (tertiary/aromatic N) is 2. The van der Waals surface area contributed by atoms with Gasteiger partial charge in [-0.1, -0.05) is 66.7 Å². The van der Waals surface area contributed by atoms with E-state index >= 15 is 0 Å². The summed E-state index contributed by atoms with van der Waals surface area (Å²) >= 11 is 1.58. The quantitative estimate of drug-likeness (QED) is 0.408. The van der Waals surface area contributed by atoms with Crippen LogP contribution in [0.1, 0.15) is 39.9 Å². The van der Waals surface area contributed by atoms with Crippen LogP contribution in [0.25, 0.3) is 0 Å². The lowest BCUT2D eigenvalue weighted by atomic mass is 9.88. The summed E-state index contributed by atoms with van der Waals surface area (Å²) in [6.07, 6.45) is 3.64. The zero-order valence-corrected chi connectivity index (χ0v) is 18.1. The third kappa shape index (κ3) is 6.09. The van der Waals surface area contributed by atoms with E-state index in [0.717, 1.165) is 22.8 Å². The maximum Gasteiger partial charge on any atom is 0.226 e. The van der Waals surface area contributed by atoms with Gasteiger partial charge in [-0.15, -0.1) is 11.3 Å². The van der Waals surface area contributed by atoms with Gasteiger partial charge >= 0.3 is 0 Å². The number of nitrogens with one attached hydrogen (secondary N) is 1. The number of benzene rings is 2. The number of carbonyl (C=O) groups excluding carboxylic acids is 1. The van der Waals surface area contributed by atoms with Crippen molar-refractivity contribution in [2.24, 2.45) is 0 Å². The predicted octanol–water partition coefficient (Wildman–Crippen LogP) is 5.01. The van der Waals surface area contributed by atoms with Crippen LogP contribution < -0.4 is 5.32 Å². The molecule has 0 radical (unpaired) electrons. The summed E-state index contributed by atoms with van der Waals surface area (Å²) in [6.45, 7) is 0.623. The molecule has 0 bridgehead atoms. The number of rotatable bonds is 9. The summed E-state index contributed by atoms with van der Waals surface area (Å²) in [7, 11) is 0. The average molecular weight is 428 g/mol. The number of hydrogen-bond acceptors (Lipinski definition) is 4. The van der Waals surface area contributed by atoms with Crippen LogP contribution >= 0.6 is 11.3 Å². The molecule has 1 amide bonds. The van der Waals surface area contributed by atoms with Gasteiger partial charge in [-0.25, -0.2) is 4.98 Å². The zero-order chi connectivity index (χ0) is 21.3. The first-order valence-electron chi connectivity index (χ1n) is 10.5. The summed E-state index contributed by atoms with van der Waals surface area (Å²) < 4.78 is 0. The fraction of sp³-hybridized carbons (Fsp3) is 0.192. The Hall–Kier alpha value is -3.31. The van der Waals surface area contributed by atoms with Gasteiger partial charge in [0.25, 0.3) is 0 Å². The molecule has 0 aliphatic rings. The fourth-order valence-electron chi connectivity index (χ4n) is 3.65. The van der Waals surface area contributed by atoms with E-state index in [-0.39, 0.29) is 11.8 Å². The molecule has 31 heavy (non-hydrogen) atoms. The standard InChI is InChI=1S/C26H25N3OS/c30-25(17-23-19-31-26(29-23)18-22-13-7-8-15-27-22)28-16-14-24(20-9-3-1-4-10-20)21-11-5-2-6-12-21/h1-13,15,19,24H,14,16-18H2,(H,28,30). The van der Waals surface area contributed by atoms with Crippen molar-refractivity contribution in [1.82, 2.24) is 15.3 Å². The van der Waals surface area contributed by atoms with Crippen LogP contribution in [-0.2, 0) is 17.6 Å². The van der Waals surface area contributed by atoms with E-state index in [1.165, 1.54) is 11.1 Å². The second-order valence-electron chi connectivity index (χ2n) is 7.42. The van der Waals surface area contributed by atoms with E-state index < -0.39 is 0 Å². The van der Waals surface area contributed by atoms with Crippen LogP contribution in [0, 0.1) is 0 Å². The van der Waals surface area contributed by atoms with Crippen LogP contribution in [-0.4, -0.2) is 22.4 Å². The molecule has 5 heteroatoms. The minimum atomic E-state index is 0.00885. The second-order valence-corrected chi connectivity index (χ2v) is 8.36. The van der Waals surface area contributed by atoms with Crippen LogP contribution in [0.2, 0.25) is 0 Å². The summed E-state index contributed by atoms with van der Waals surface area (Å²) in [5.74, 6) is 0.265. The number of hydrogen-bond donors (Lipinski definition) is 1. The van der Waals surface area contributed by atoms with Gasteiger partial charge in [-0.05, 0) is 29.7 Å². The van der Waals surface area contributed by atoms with Crippen molar-refractivity contribution in [3.8, 4) is 0 Å². The molecule has 2 aromatic carbocycles. The van der Waals surface area contributed by atoms with Crippen LogP contribution in [0.5, 0.6) is 0 Å². The summed E-state index contributed by atoms with van der Waals surface area (Å²) in [5.41, 5.74) is 4.33. The Morgan fingerprint density at radius 3 is 2.19 bits per heavy atom. The van der Waals surface area contributed by atoms with Crippen molar-refractivity contribution in [1.29, 1.82) is 0 Å². The van der Waals surface area contributed by atoms with Gasteiger partial charge in [0.15, 0.2) is 0 Å². The highest BCUT2D eigenvalue weighted by atomic mass is 32.1. The first-order chi connectivity index (χ1) is 15.3. The minimum Gasteiger partial charge on any atom is -0.356 e. The van der Waals surface area contributed by atoms with Crippen molar-refractivity contribution in [2.75, 3.05) is 6.54 Å². The number of carbonyl (C=O) groups is 1. The lowest BCUT2D eigenvalue weighted by Crippen LogP contribution is -2.27. The van der Waals surface area contributed by atoms with Crippen molar-refractivity contribution in [3.05, 3.63) is 118 Å². The Bertz CT molecular complexity index is 1040. The van der Waals surface area contributed by atoms with E-state index in [9.17, 15) is 4.79 Å². The highest BCUT2D eigenvalue weighted by Gasteiger charge is 2.15. The molecule has 0 spiro atoms. The topological polar surface area (TPSA) is 54.9 Å². The molecule has 1 N–H and O–H groups in total. The summed E-state index contributed by atoms with van der Waals surface area (Å²) in [5, 5.41) is 6.02. The number of thiazole rings is 1. The number of pyridine rings is 1. The molecular formula is C26H25N3OS. The number of amides is 1. The Labute approximate surface area is 187 Å². The molecule has 0 saturated heterocycles. The van der Waals surface area contributed by atoms with Gasteiger partial charge in [0.05, 0.1) is 17.1 Å². The maximum absolute atomic E-state index is 12.5. The molecule has 4 rings (SSSR count). The first kappa shape index (κ1) is 20.9. The molecule has 0 aliphatic carbocycles. The number of aromatic nitrogens is 2. The third-order valence-corrected chi connectivity index (χ3v) is 6.06. The Kier molecular flexibility index (Phi) is 7.19. The molecule has 4 aromatic rings. The van der Waals surface area contributed by atoms with Crippen molar-refractivity contribution >= 4 is 17.2 Å². The van der Waals surface area contributed by atoms with Crippen molar-refractivity contribution < 1.29 is 4.79 Å². The Morgan fingerprint density at radius 2 is 1.55 bits per heavy atom. The monoisotopic (exact) mass is 427 g/mol. The maximum atomic E-state index is 12.5. The zero-order valence-electron chi connectivity index (χ0n) is 17.3. The van der Waals surface area contributed by atoms with E-state index in [0.29, 0.717) is 19.4 Å². The summed E-state index contributed by atoms with van der Waals surface area (Å²) in [6, 6.07) is 26.8. The van der Waals surface area contributed by atoms with E-state index in [4.69, 9.17) is 0 Å². The molecule has 0 fully saturated rings. The smallest absolute Gasteiger partial charge is 0.226 e. The second kappa shape index (κ2) is 10.6. The van der Waals surface area contributed by atoms with Gasteiger partial charge in [0.1, 0.15) is 0 Å². The SMILES string of the molecule is O=C(Cc1csc(Cc2ccccn2)n1)NCCC(c1ccccc1)c1ccccc1. The van der Waals surface area contributed by atoms with Crippen LogP contribution in [0.4, 0.5) is 0 Å². The molecule has 4 nitrogen and oxygen atoms in total. The highest BCUT2D eigenvalue weighted by Crippen LogP contribution is 2.27. The minimum absolute atomic E-state index is 0.00885. The molecule has 156 valence electrons. The molecule has 0 atom stereocenters. The van der Waals surface area contributed by atoms with E-state index in [2.05, 4.69) is 63.8 Å².